The molecule has 1 aromatic rings. The third-order valence-electron chi connectivity index (χ3n) is 1.97. The Hall–Kier alpha value is -1.82. The number of hydrogen-bond acceptors (Lipinski definition) is 5. The van der Waals surface area contributed by atoms with Crippen LogP contribution in [-0.4, -0.2) is 25.2 Å². The van der Waals surface area contributed by atoms with Gasteiger partial charge >= 0.3 is 5.69 Å². The molecule has 0 radical (unpaired) electrons. The van der Waals surface area contributed by atoms with Gasteiger partial charge in [-0.05, 0) is 19.0 Å². The summed E-state index contributed by atoms with van der Waals surface area (Å²) in [6.07, 6.45) is 0.735. The Labute approximate surface area is 93.1 Å². The number of benzene rings is 1. The molecule has 0 heterocycles. The van der Waals surface area contributed by atoms with Crippen LogP contribution in [0.25, 0.3) is 0 Å². The van der Waals surface area contributed by atoms with Crippen molar-refractivity contribution < 1.29 is 14.4 Å². The number of nitro groups is 1. The van der Waals surface area contributed by atoms with E-state index in [0.29, 0.717) is 18.9 Å². The molecular formula is C10H14N2O4. The van der Waals surface area contributed by atoms with Gasteiger partial charge in [0.2, 0.25) is 5.75 Å². The quantitative estimate of drug-likeness (QED) is 0.449. The summed E-state index contributed by atoms with van der Waals surface area (Å²) in [5, 5.41) is 10.6. The average molecular weight is 226 g/mol. The van der Waals surface area contributed by atoms with E-state index in [1.807, 2.05) is 0 Å². The zero-order chi connectivity index (χ0) is 12.0. The van der Waals surface area contributed by atoms with Gasteiger partial charge in [0.1, 0.15) is 5.75 Å². The molecule has 0 fully saturated rings. The van der Waals surface area contributed by atoms with Crippen LogP contribution in [0.1, 0.15) is 6.42 Å². The van der Waals surface area contributed by atoms with E-state index in [1.54, 1.807) is 0 Å². The van der Waals surface area contributed by atoms with E-state index in [-0.39, 0.29) is 11.4 Å². The van der Waals surface area contributed by atoms with E-state index in [0.717, 1.165) is 6.42 Å². The van der Waals surface area contributed by atoms with Crippen LogP contribution >= 0.6 is 0 Å². The lowest BCUT2D eigenvalue weighted by Crippen LogP contribution is -2.06. The highest BCUT2D eigenvalue weighted by Crippen LogP contribution is 2.30. The standard InChI is InChI=1S/C10H14N2O4/c1-15-10-7-8(16-6-2-5-11)3-4-9(10)12(13)14/h3-4,7H,2,5-6,11H2,1H3. The molecule has 16 heavy (non-hydrogen) atoms. The Balaban J connectivity index is 2.78. The lowest BCUT2D eigenvalue weighted by molar-refractivity contribution is -0.385. The van der Waals surface area contributed by atoms with Crippen molar-refractivity contribution in [2.24, 2.45) is 5.73 Å². The highest BCUT2D eigenvalue weighted by Gasteiger charge is 2.14. The van der Waals surface area contributed by atoms with Crippen LogP contribution in [0.3, 0.4) is 0 Å². The fourth-order valence-electron chi connectivity index (χ4n) is 1.17. The van der Waals surface area contributed by atoms with Gasteiger partial charge in [-0.1, -0.05) is 0 Å². The van der Waals surface area contributed by atoms with Gasteiger partial charge in [0.05, 0.1) is 18.6 Å². The summed E-state index contributed by atoms with van der Waals surface area (Å²) in [6.45, 7) is 1.03. The Morgan fingerprint density at radius 1 is 1.50 bits per heavy atom. The van der Waals surface area contributed by atoms with Crippen molar-refractivity contribution in [2.45, 2.75) is 6.42 Å². The third-order valence-corrected chi connectivity index (χ3v) is 1.97. The maximum Gasteiger partial charge on any atom is 0.311 e. The van der Waals surface area contributed by atoms with Crippen LogP contribution in [0.4, 0.5) is 5.69 Å². The van der Waals surface area contributed by atoms with E-state index in [1.165, 1.54) is 25.3 Å². The second-order valence-corrected chi connectivity index (χ2v) is 3.08. The van der Waals surface area contributed by atoms with Gasteiger partial charge in [0, 0.05) is 12.1 Å². The second-order valence-electron chi connectivity index (χ2n) is 3.08. The van der Waals surface area contributed by atoms with Crippen LogP contribution < -0.4 is 15.2 Å². The largest absolute Gasteiger partial charge is 0.493 e. The molecule has 0 unspecified atom stereocenters. The minimum Gasteiger partial charge on any atom is -0.493 e. The highest BCUT2D eigenvalue weighted by atomic mass is 16.6. The molecule has 1 rings (SSSR count). The van der Waals surface area contributed by atoms with Crippen molar-refractivity contribution in [3.63, 3.8) is 0 Å². The average Bonchev–Trinajstić information content (AvgIpc) is 2.29. The van der Waals surface area contributed by atoms with Gasteiger partial charge in [-0.2, -0.15) is 0 Å². The Bertz CT molecular complexity index is 368. The number of methoxy groups -OCH3 is 1. The summed E-state index contributed by atoms with van der Waals surface area (Å²) in [7, 11) is 1.38. The van der Waals surface area contributed by atoms with E-state index in [2.05, 4.69) is 0 Å². The fourth-order valence-corrected chi connectivity index (χ4v) is 1.17. The Kier molecular flexibility index (Phi) is 4.53. The first-order chi connectivity index (χ1) is 7.69. The Morgan fingerprint density at radius 3 is 2.81 bits per heavy atom. The smallest absolute Gasteiger partial charge is 0.311 e. The Morgan fingerprint density at radius 2 is 2.25 bits per heavy atom. The molecular weight excluding hydrogens is 212 g/mol. The van der Waals surface area contributed by atoms with Crippen LogP contribution in [0.2, 0.25) is 0 Å². The summed E-state index contributed by atoms with van der Waals surface area (Å²) >= 11 is 0. The molecule has 0 spiro atoms. The monoisotopic (exact) mass is 226 g/mol. The molecule has 0 aliphatic rings. The lowest BCUT2D eigenvalue weighted by Gasteiger charge is -2.07. The molecule has 0 aliphatic heterocycles. The first-order valence-electron chi connectivity index (χ1n) is 4.84. The van der Waals surface area contributed by atoms with Gasteiger partial charge in [0.25, 0.3) is 0 Å². The number of hydrogen-bond donors (Lipinski definition) is 1. The van der Waals surface area contributed by atoms with Crippen LogP contribution in [0, 0.1) is 10.1 Å². The molecule has 0 aromatic heterocycles. The van der Waals surface area contributed by atoms with Crippen LogP contribution in [-0.2, 0) is 0 Å². The van der Waals surface area contributed by atoms with Crippen LogP contribution in [0.5, 0.6) is 11.5 Å². The molecule has 0 atom stereocenters. The molecule has 1 aromatic carbocycles. The molecule has 6 nitrogen and oxygen atoms in total. The molecule has 6 heteroatoms. The van der Waals surface area contributed by atoms with Gasteiger partial charge in [-0.25, -0.2) is 0 Å². The van der Waals surface area contributed by atoms with E-state index >= 15 is 0 Å². The summed E-state index contributed by atoms with van der Waals surface area (Å²) < 4.78 is 10.2. The van der Waals surface area contributed by atoms with Gasteiger partial charge in [-0.15, -0.1) is 0 Å². The highest BCUT2D eigenvalue weighted by molar-refractivity contribution is 5.50. The number of ether oxygens (including phenoxy) is 2. The summed E-state index contributed by atoms with van der Waals surface area (Å²) in [4.78, 5) is 10.1. The number of nitro benzene ring substituents is 1. The van der Waals surface area contributed by atoms with Gasteiger partial charge in [0.15, 0.2) is 0 Å². The molecule has 0 bridgehead atoms. The normalized spacial score (nSPS) is 9.88. The topological polar surface area (TPSA) is 87.6 Å². The van der Waals surface area contributed by atoms with Crippen molar-refractivity contribution in [1.29, 1.82) is 0 Å². The van der Waals surface area contributed by atoms with Crippen molar-refractivity contribution in [1.82, 2.24) is 0 Å². The molecule has 2 N–H and O–H groups in total. The SMILES string of the molecule is COc1cc(OCCCN)ccc1[N+](=O)[O-]. The summed E-state index contributed by atoms with van der Waals surface area (Å²) in [5.41, 5.74) is 5.24. The van der Waals surface area contributed by atoms with Crippen molar-refractivity contribution in [2.75, 3.05) is 20.3 Å². The predicted molar refractivity (Wildman–Crippen MR) is 58.8 cm³/mol. The van der Waals surface area contributed by atoms with Gasteiger partial charge in [-0.3, -0.25) is 10.1 Å². The van der Waals surface area contributed by atoms with E-state index < -0.39 is 4.92 Å². The van der Waals surface area contributed by atoms with Gasteiger partial charge < -0.3 is 15.2 Å². The molecule has 0 amide bonds. The fraction of sp³-hybridized carbons (Fsp3) is 0.400. The number of rotatable bonds is 6. The first kappa shape index (κ1) is 12.3. The third kappa shape index (κ3) is 3.09. The second kappa shape index (κ2) is 5.92. The zero-order valence-corrected chi connectivity index (χ0v) is 9.01. The van der Waals surface area contributed by atoms with E-state index in [4.69, 9.17) is 15.2 Å². The summed E-state index contributed by atoms with van der Waals surface area (Å²) in [5.74, 6) is 0.728. The van der Waals surface area contributed by atoms with E-state index in [9.17, 15) is 10.1 Å². The maximum absolute atomic E-state index is 10.6. The minimum atomic E-state index is -0.498. The van der Waals surface area contributed by atoms with Crippen LogP contribution in [0.15, 0.2) is 18.2 Å². The first-order valence-corrected chi connectivity index (χ1v) is 4.84. The van der Waals surface area contributed by atoms with Crippen molar-refractivity contribution in [3.05, 3.63) is 28.3 Å². The lowest BCUT2D eigenvalue weighted by atomic mass is 10.3. The molecule has 88 valence electrons. The molecule has 0 saturated carbocycles. The maximum atomic E-state index is 10.6. The zero-order valence-electron chi connectivity index (χ0n) is 9.01. The summed E-state index contributed by atoms with van der Waals surface area (Å²) in [6, 6.07) is 4.39. The van der Waals surface area contributed by atoms with Crippen molar-refractivity contribution in [3.8, 4) is 11.5 Å². The van der Waals surface area contributed by atoms with Crippen molar-refractivity contribution >= 4 is 5.69 Å². The predicted octanol–water partition coefficient (Wildman–Crippen LogP) is 1.33. The number of nitrogens with two attached hydrogens (primary N) is 1. The molecule has 0 saturated heterocycles. The minimum absolute atomic E-state index is 0.0753. The number of nitrogens with zero attached hydrogens (tertiary/aromatic N) is 1. The molecule has 0 aliphatic carbocycles.